The van der Waals surface area contributed by atoms with E-state index in [1.165, 1.54) is 6.20 Å². The van der Waals surface area contributed by atoms with Crippen LogP contribution in [0.3, 0.4) is 0 Å². The Kier molecular flexibility index (Phi) is 5.62. The van der Waals surface area contributed by atoms with E-state index in [4.69, 9.17) is 11.6 Å². The Balaban J connectivity index is 1.32. The van der Waals surface area contributed by atoms with Crippen LogP contribution in [0.15, 0.2) is 24.4 Å². The van der Waals surface area contributed by atoms with Crippen LogP contribution >= 0.6 is 11.6 Å². The number of aromatic nitrogens is 4. The first-order valence-corrected chi connectivity index (χ1v) is 11.3. The highest BCUT2D eigenvalue weighted by Gasteiger charge is 2.41. The summed E-state index contributed by atoms with van der Waals surface area (Å²) in [5.74, 6) is -1.89. The van der Waals surface area contributed by atoms with Crippen molar-refractivity contribution in [2.45, 2.75) is 32.6 Å². The quantitative estimate of drug-likeness (QED) is 0.499. The average Bonchev–Trinajstić information content (AvgIpc) is 3.22. The van der Waals surface area contributed by atoms with Gasteiger partial charge in [-0.15, -0.1) is 10.2 Å². The number of halogens is 5. The van der Waals surface area contributed by atoms with Crippen molar-refractivity contribution < 1.29 is 22.4 Å². The van der Waals surface area contributed by atoms with Gasteiger partial charge in [0, 0.05) is 42.5 Å². The van der Waals surface area contributed by atoms with Crippen LogP contribution in [0.2, 0.25) is 5.02 Å². The van der Waals surface area contributed by atoms with E-state index in [0.717, 1.165) is 4.57 Å². The number of anilines is 1. The van der Waals surface area contributed by atoms with E-state index in [2.05, 4.69) is 15.2 Å². The predicted octanol–water partition coefficient (Wildman–Crippen LogP) is 4.14. The number of rotatable bonds is 2. The van der Waals surface area contributed by atoms with E-state index < -0.39 is 17.8 Å². The number of carbonyl (C=O) groups is 1. The molecule has 0 radical (unpaired) electrons. The van der Waals surface area contributed by atoms with E-state index >= 15 is 0 Å². The lowest BCUT2D eigenvalue weighted by Crippen LogP contribution is -2.49. The van der Waals surface area contributed by atoms with E-state index in [-0.39, 0.29) is 43.2 Å². The smallest absolute Gasteiger partial charge is 0.368 e. The second kappa shape index (κ2) is 8.37. The molecule has 3 aromatic rings. The second-order valence-corrected chi connectivity index (χ2v) is 9.22. The van der Waals surface area contributed by atoms with Gasteiger partial charge in [0.25, 0.3) is 0 Å². The first kappa shape index (κ1) is 22.8. The molecule has 2 aromatic heterocycles. The molecular formula is C22H21ClF4N6O. The summed E-state index contributed by atoms with van der Waals surface area (Å²) in [6.45, 7) is 2.98. The molecule has 0 aliphatic carbocycles. The van der Waals surface area contributed by atoms with Crippen LogP contribution in [0.25, 0.3) is 10.9 Å². The minimum absolute atomic E-state index is 0.00703. The van der Waals surface area contributed by atoms with Gasteiger partial charge in [-0.25, -0.2) is 4.39 Å². The number of piperidine rings is 1. The fourth-order valence-electron chi connectivity index (χ4n) is 4.95. The Bertz CT molecular complexity index is 1260. The summed E-state index contributed by atoms with van der Waals surface area (Å²) in [5, 5.41) is 8.08. The fourth-order valence-corrected chi connectivity index (χ4v) is 5.12. The fraction of sp³-hybridized carbons (Fsp3) is 0.455. The van der Waals surface area contributed by atoms with Crippen molar-refractivity contribution in [3.63, 3.8) is 0 Å². The first-order valence-electron chi connectivity index (χ1n) is 10.9. The highest BCUT2D eigenvalue weighted by atomic mass is 35.5. The van der Waals surface area contributed by atoms with Gasteiger partial charge in [0.15, 0.2) is 11.6 Å². The van der Waals surface area contributed by atoms with Gasteiger partial charge < -0.3 is 14.4 Å². The summed E-state index contributed by atoms with van der Waals surface area (Å²) in [4.78, 5) is 20.9. The SMILES string of the molecule is CC1CN(c2c(F)cnc3cc(Cl)ccc23)CCC1C(=O)N1CCn2c(nnc2C(F)(F)F)C1. The third-order valence-corrected chi connectivity index (χ3v) is 6.85. The molecule has 2 aliphatic heterocycles. The van der Waals surface area contributed by atoms with Gasteiger partial charge in [-0.2, -0.15) is 13.2 Å². The molecule has 1 amide bonds. The molecule has 0 bridgehead atoms. The van der Waals surface area contributed by atoms with Gasteiger partial charge in [0.05, 0.1) is 23.9 Å². The number of carbonyl (C=O) groups excluding carboxylic acids is 1. The lowest BCUT2D eigenvalue weighted by Gasteiger charge is -2.40. The Morgan fingerprint density at radius 3 is 2.71 bits per heavy atom. The number of amides is 1. The first-order chi connectivity index (χ1) is 16.1. The molecule has 34 heavy (non-hydrogen) atoms. The Hall–Kier alpha value is -2.95. The number of hydrogen-bond acceptors (Lipinski definition) is 5. The molecule has 0 spiro atoms. The minimum atomic E-state index is -4.59. The van der Waals surface area contributed by atoms with Crippen LogP contribution in [-0.2, 0) is 24.1 Å². The van der Waals surface area contributed by atoms with Crippen LogP contribution in [0.5, 0.6) is 0 Å². The van der Waals surface area contributed by atoms with Crippen LogP contribution < -0.4 is 4.90 Å². The number of alkyl halides is 3. The number of hydrogen-bond donors (Lipinski definition) is 0. The summed E-state index contributed by atoms with van der Waals surface area (Å²) in [6.07, 6.45) is -2.92. The third kappa shape index (κ3) is 3.95. The maximum atomic E-state index is 14.8. The average molecular weight is 497 g/mol. The van der Waals surface area contributed by atoms with Crippen molar-refractivity contribution in [2.75, 3.05) is 24.5 Å². The number of fused-ring (bicyclic) bond motifs is 2. The van der Waals surface area contributed by atoms with Crippen molar-refractivity contribution in [2.24, 2.45) is 11.8 Å². The molecule has 2 unspecified atom stereocenters. The molecule has 180 valence electrons. The van der Waals surface area contributed by atoms with E-state index in [9.17, 15) is 22.4 Å². The lowest BCUT2D eigenvalue weighted by molar-refractivity contribution is -0.148. The van der Waals surface area contributed by atoms with E-state index in [1.807, 2.05) is 11.8 Å². The summed E-state index contributed by atoms with van der Waals surface area (Å²) >= 11 is 6.05. The number of benzene rings is 1. The maximum Gasteiger partial charge on any atom is 0.451 e. The van der Waals surface area contributed by atoms with Crippen molar-refractivity contribution in [3.05, 3.63) is 46.9 Å². The zero-order valence-electron chi connectivity index (χ0n) is 18.2. The molecule has 1 saturated heterocycles. The summed E-state index contributed by atoms with van der Waals surface area (Å²) in [7, 11) is 0. The van der Waals surface area contributed by atoms with Gasteiger partial charge in [-0.1, -0.05) is 18.5 Å². The lowest BCUT2D eigenvalue weighted by atomic mass is 9.85. The van der Waals surface area contributed by atoms with Crippen LogP contribution in [0.1, 0.15) is 25.0 Å². The molecule has 12 heteroatoms. The molecule has 4 heterocycles. The third-order valence-electron chi connectivity index (χ3n) is 6.62. The predicted molar refractivity (Wildman–Crippen MR) is 117 cm³/mol. The molecule has 1 fully saturated rings. The topological polar surface area (TPSA) is 67.2 Å². The van der Waals surface area contributed by atoms with Gasteiger partial charge in [-0.05, 0) is 30.5 Å². The molecule has 0 N–H and O–H groups in total. The molecule has 7 nitrogen and oxygen atoms in total. The largest absolute Gasteiger partial charge is 0.451 e. The standard InChI is InChI=1S/C22H21ClF4N6O/c1-12-10-31(19-15-3-2-13(23)8-17(15)28-9-16(19)24)5-4-14(12)20(34)32-6-7-33-18(11-32)29-30-21(33)22(25,26)27/h2-3,8-9,12,14H,4-7,10-11H2,1H3. The van der Waals surface area contributed by atoms with Crippen molar-refractivity contribution >= 4 is 34.1 Å². The van der Waals surface area contributed by atoms with Crippen LogP contribution in [-0.4, -0.2) is 50.2 Å². The van der Waals surface area contributed by atoms with Gasteiger partial charge in [0.1, 0.15) is 0 Å². The second-order valence-electron chi connectivity index (χ2n) is 8.78. The highest BCUT2D eigenvalue weighted by Crippen LogP contribution is 2.36. The molecule has 1 aromatic carbocycles. The Morgan fingerprint density at radius 1 is 1.18 bits per heavy atom. The van der Waals surface area contributed by atoms with Crippen LogP contribution in [0.4, 0.5) is 23.2 Å². The number of nitrogens with zero attached hydrogens (tertiary/aromatic N) is 6. The zero-order chi connectivity index (χ0) is 24.2. The molecule has 5 rings (SSSR count). The normalized spacial score (nSPS) is 21.1. The monoisotopic (exact) mass is 496 g/mol. The molecule has 2 aliphatic rings. The summed E-state index contributed by atoms with van der Waals surface area (Å²) in [5.41, 5.74) is 1.02. The van der Waals surface area contributed by atoms with Crippen molar-refractivity contribution in [1.29, 1.82) is 0 Å². The van der Waals surface area contributed by atoms with Gasteiger partial charge in [-0.3, -0.25) is 9.78 Å². The molecule has 2 atom stereocenters. The zero-order valence-corrected chi connectivity index (χ0v) is 18.9. The van der Waals surface area contributed by atoms with Gasteiger partial charge >= 0.3 is 6.18 Å². The van der Waals surface area contributed by atoms with E-state index in [0.29, 0.717) is 41.1 Å². The molecular weight excluding hydrogens is 476 g/mol. The number of pyridine rings is 1. The molecule has 0 saturated carbocycles. The minimum Gasteiger partial charge on any atom is -0.368 e. The van der Waals surface area contributed by atoms with E-state index in [1.54, 1.807) is 23.1 Å². The summed E-state index contributed by atoms with van der Waals surface area (Å²) < 4.78 is 55.1. The van der Waals surface area contributed by atoms with Crippen molar-refractivity contribution in [1.82, 2.24) is 24.6 Å². The van der Waals surface area contributed by atoms with Crippen LogP contribution in [0, 0.1) is 17.7 Å². The van der Waals surface area contributed by atoms with Gasteiger partial charge in [0.2, 0.25) is 11.7 Å². The highest BCUT2D eigenvalue weighted by molar-refractivity contribution is 6.31. The van der Waals surface area contributed by atoms with Crippen molar-refractivity contribution in [3.8, 4) is 0 Å². The summed E-state index contributed by atoms with van der Waals surface area (Å²) in [6, 6.07) is 5.11. The maximum absolute atomic E-state index is 14.8. The Morgan fingerprint density at radius 2 is 1.97 bits per heavy atom. The Labute approximate surface area is 197 Å².